The van der Waals surface area contributed by atoms with E-state index in [4.69, 9.17) is 9.47 Å². The number of carbonyl (C=O) groups is 2. The number of nitrogens with one attached hydrogen (secondary N) is 2. The zero-order chi connectivity index (χ0) is 29.1. The lowest BCUT2D eigenvalue weighted by Gasteiger charge is -2.14. The number of aromatic amines is 1. The molecular formula is C31H38FN3O4. The second-order valence-corrected chi connectivity index (χ2v) is 8.75. The van der Waals surface area contributed by atoms with Crippen LogP contribution in [0.1, 0.15) is 65.2 Å². The Morgan fingerprint density at radius 1 is 1.05 bits per heavy atom. The number of fused-ring (bicyclic) bond motifs is 1. The third kappa shape index (κ3) is 7.66. The SMILES string of the molecule is CC.CCC.COc1ccccc1-c1c[nH]c2ncc(-c3cc(F)c(NC(=O)OC(C)C)c(C(C)=O)c3)cc12. The second-order valence-electron chi connectivity index (χ2n) is 8.75. The van der Waals surface area contributed by atoms with Gasteiger partial charge in [0.1, 0.15) is 17.2 Å². The van der Waals surface area contributed by atoms with Crippen molar-refractivity contribution in [2.45, 2.75) is 61.0 Å². The molecule has 0 atom stereocenters. The van der Waals surface area contributed by atoms with E-state index in [1.165, 1.54) is 25.5 Å². The molecule has 4 aromatic rings. The minimum atomic E-state index is -0.832. The summed E-state index contributed by atoms with van der Waals surface area (Å²) in [6, 6.07) is 12.3. The molecule has 0 saturated heterocycles. The maximum atomic E-state index is 15.1. The van der Waals surface area contributed by atoms with Gasteiger partial charge in [0, 0.05) is 40.0 Å². The molecule has 0 aliphatic rings. The number of H-pyrrole nitrogens is 1. The predicted octanol–water partition coefficient (Wildman–Crippen LogP) is 8.65. The van der Waals surface area contributed by atoms with Crippen LogP contribution < -0.4 is 10.1 Å². The lowest BCUT2D eigenvalue weighted by Crippen LogP contribution is -2.20. The monoisotopic (exact) mass is 535 g/mol. The van der Waals surface area contributed by atoms with E-state index in [0.717, 1.165) is 16.5 Å². The fraction of sp³-hybridized carbons (Fsp3) is 0.323. The first kappa shape index (κ1) is 31.0. The van der Waals surface area contributed by atoms with Crippen LogP contribution in [0.5, 0.6) is 5.75 Å². The zero-order valence-electron chi connectivity index (χ0n) is 23.9. The molecule has 0 aliphatic heterocycles. The van der Waals surface area contributed by atoms with Gasteiger partial charge >= 0.3 is 6.09 Å². The molecule has 1 amide bonds. The second kappa shape index (κ2) is 14.7. The van der Waals surface area contributed by atoms with E-state index in [0.29, 0.717) is 22.5 Å². The molecule has 0 spiro atoms. The standard InChI is InChI=1S/C26H24FN3O4.C3H8.C2H6/c1-14(2)34-26(32)30-24-19(15(3)31)9-16(11-22(24)27)17-10-20-21(13-29-25(20)28-12-17)18-7-5-6-8-23(18)33-4;1-3-2;1-2/h5-14H,1-4H3,(H,28,29)(H,30,32);3H2,1-2H3;1-2H3. The molecular weight excluding hydrogens is 497 g/mol. The van der Waals surface area contributed by atoms with E-state index < -0.39 is 17.7 Å². The van der Waals surface area contributed by atoms with E-state index >= 15 is 4.39 Å². The third-order valence-corrected chi connectivity index (χ3v) is 5.30. The van der Waals surface area contributed by atoms with Crippen LogP contribution in [0.2, 0.25) is 0 Å². The lowest BCUT2D eigenvalue weighted by atomic mass is 9.98. The Morgan fingerprint density at radius 2 is 1.72 bits per heavy atom. The molecule has 0 fully saturated rings. The van der Waals surface area contributed by atoms with Crippen molar-refractivity contribution in [1.82, 2.24) is 9.97 Å². The van der Waals surface area contributed by atoms with Gasteiger partial charge in [0.05, 0.1) is 18.9 Å². The van der Waals surface area contributed by atoms with Crippen LogP contribution in [0.15, 0.2) is 54.9 Å². The van der Waals surface area contributed by atoms with E-state index in [-0.39, 0.29) is 17.4 Å². The van der Waals surface area contributed by atoms with Gasteiger partial charge in [-0.2, -0.15) is 0 Å². The third-order valence-electron chi connectivity index (χ3n) is 5.30. The average molecular weight is 536 g/mol. The van der Waals surface area contributed by atoms with Crippen LogP contribution >= 0.6 is 0 Å². The van der Waals surface area contributed by atoms with E-state index in [2.05, 4.69) is 29.1 Å². The van der Waals surface area contributed by atoms with Crippen molar-refractivity contribution < 1.29 is 23.5 Å². The number of ketones is 1. The first-order valence-corrected chi connectivity index (χ1v) is 13.1. The van der Waals surface area contributed by atoms with Crippen molar-refractivity contribution in [3.63, 3.8) is 0 Å². The number of hydrogen-bond donors (Lipinski definition) is 2. The fourth-order valence-electron chi connectivity index (χ4n) is 3.77. The number of hydrogen-bond acceptors (Lipinski definition) is 5. The molecule has 2 heterocycles. The lowest BCUT2D eigenvalue weighted by molar-refractivity contribution is 0.101. The molecule has 8 heteroatoms. The summed E-state index contributed by atoms with van der Waals surface area (Å²) >= 11 is 0. The molecule has 0 aliphatic carbocycles. The molecule has 208 valence electrons. The quantitative estimate of drug-likeness (QED) is 0.241. The summed E-state index contributed by atoms with van der Waals surface area (Å²) in [6.45, 7) is 12.9. The number of anilines is 1. The number of ether oxygens (including phenoxy) is 2. The molecule has 2 aromatic heterocycles. The van der Waals surface area contributed by atoms with Gasteiger partial charge in [-0.3, -0.25) is 10.1 Å². The zero-order valence-corrected chi connectivity index (χ0v) is 23.9. The summed E-state index contributed by atoms with van der Waals surface area (Å²) in [5.74, 6) is -0.434. The summed E-state index contributed by atoms with van der Waals surface area (Å²) < 4.78 is 25.6. The molecule has 4 rings (SSSR count). The number of Topliss-reactive ketones (excluding diaryl/α,β-unsaturated/α-hetero) is 1. The van der Waals surface area contributed by atoms with Crippen LogP contribution in [-0.4, -0.2) is 35.1 Å². The largest absolute Gasteiger partial charge is 0.496 e. The molecule has 0 bridgehead atoms. The maximum absolute atomic E-state index is 15.1. The predicted molar refractivity (Wildman–Crippen MR) is 156 cm³/mol. The van der Waals surface area contributed by atoms with Gasteiger partial charge in [-0.05, 0) is 50.6 Å². The van der Waals surface area contributed by atoms with Crippen LogP contribution in [0.4, 0.5) is 14.9 Å². The Morgan fingerprint density at radius 3 is 2.33 bits per heavy atom. The van der Waals surface area contributed by atoms with Crippen molar-refractivity contribution in [2.75, 3.05) is 12.4 Å². The van der Waals surface area contributed by atoms with Crippen molar-refractivity contribution >= 4 is 28.6 Å². The minimum Gasteiger partial charge on any atom is -0.496 e. The number of halogens is 1. The number of rotatable bonds is 6. The smallest absolute Gasteiger partial charge is 0.411 e. The molecule has 0 unspecified atom stereocenters. The van der Waals surface area contributed by atoms with Gasteiger partial charge in [0.25, 0.3) is 0 Å². The Labute approximate surface area is 229 Å². The maximum Gasteiger partial charge on any atom is 0.411 e. The molecule has 0 radical (unpaired) electrons. The Hall–Kier alpha value is -4.20. The topological polar surface area (TPSA) is 93.3 Å². The summed E-state index contributed by atoms with van der Waals surface area (Å²) in [5.41, 5.74) is 3.31. The number of pyridine rings is 1. The highest BCUT2D eigenvalue weighted by Gasteiger charge is 2.20. The van der Waals surface area contributed by atoms with Gasteiger partial charge in [-0.25, -0.2) is 14.2 Å². The molecule has 2 aromatic carbocycles. The van der Waals surface area contributed by atoms with E-state index in [1.807, 2.05) is 50.4 Å². The van der Waals surface area contributed by atoms with Crippen LogP contribution in [-0.2, 0) is 4.74 Å². The van der Waals surface area contributed by atoms with Crippen LogP contribution in [0.3, 0.4) is 0 Å². The summed E-state index contributed by atoms with van der Waals surface area (Å²) in [5, 5.41) is 3.16. The van der Waals surface area contributed by atoms with Crippen molar-refractivity contribution in [2.24, 2.45) is 0 Å². The normalized spacial score (nSPS) is 10.2. The Kier molecular flexibility index (Phi) is 11.7. The van der Waals surface area contributed by atoms with Gasteiger partial charge in [-0.15, -0.1) is 0 Å². The minimum absolute atomic E-state index is 0.0369. The van der Waals surface area contributed by atoms with Crippen LogP contribution in [0.25, 0.3) is 33.3 Å². The fourth-order valence-corrected chi connectivity index (χ4v) is 3.77. The molecule has 2 N–H and O–H groups in total. The molecule has 7 nitrogen and oxygen atoms in total. The highest BCUT2D eigenvalue weighted by atomic mass is 19.1. The summed E-state index contributed by atoms with van der Waals surface area (Å²) in [4.78, 5) is 31.9. The van der Waals surface area contributed by atoms with Gasteiger partial charge < -0.3 is 14.5 Å². The number of carbonyl (C=O) groups excluding carboxylic acids is 2. The highest BCUT2D eigenvalue weighted by molar-refractivity contribution is 6.04. The average Bonchev–Trinajstić information content (AvgIpc) is 3.33. The number of benzene rings is 2. The number of para-hydroxylation sites is 1. The van der Waals surface area contributed by atoms with Crippen molar-refractivity contribution in [3.8, 4) is 28.0 Å². The van der Waals surface area contributed by atoms with Gasteiger partial charge in [0.2, 0.25) is 0 Å². The summed E-state index contributed by atoms with van der Waals surface area (Å²) in [7, 11) is 1.61. The highest BCUT2D eigenvalue weighted by Crippen LogP contribution is 2.37. The number of aromatic nitrogens is 2. The van der Waals surface area contributed by atoms with Crippen molar-refractivity contribution in [3.05, 3.63) is 66.2 Å². The van der Waals surface area contributed by atoms with Crippen molar-refractivity contribution in [1.29, 1.82) is 0 Å². The van der Waals surface area contributed by atoms with E-state index in [9.17, 15) is 9.59 Å². The first-order valence-electron chi connectivity index (χ1n) is 13.1. The summed E-state index contributed by atoms with van der Waals surface area (Å²) in [6.07, 6.45) is 3.47. The Bertz CT molecular complexity index is 1410. The van der Waals surface area contributed by atoms with Gasteiger partial charge in [-0.1, -0.05) is 52.3 Å². The first-order chi connectivity index (χ1) is 18.7. The molecule has 0 saturated carbocycles. The number of nitrogens with zero attached hydrogens (tertiary/aromatic N) is 1. The Balaban J connectivity index is 0.000000998. The van der Waals surface area contributed by atoms with E-state index in [1.54, 1.807) is 27.2 Å². The van der Waals surface area contributed by atoms with Crippen LogP contribution in [0, 0.1) is 5.82 Å². The van der Waals surface area contributed by atoms with Gasteiger partial charge in [0.15, 0.2) is 5.78 Å². The molecule has 39 heavy (non-hydrogen) atoms. The number of methoxy groups -OCH3 is 1. The number of amides is 1.